The first-order valence-corrected chi connectivity index (χ1v) is 8.58. The van der Waals surface area contributed by atoms with Gasteiger partial charge in [-0.15, -0.1) is 0 Å². The largest absolute Gasteiger partial charge is 0.344 e. The summed E-state index contributed by atoms with van der Waals surface area (Å²) in [5.41, 5.74) is 1.22. The van der Waals surface area contributed by atoms with Crippen molar-refractivity contribution in [1.29, 1.82) is 0 Å². The van der Waals surface area contributed by atoms with Crippen molar-refractivity contribution in [3.05, 3.63) is 34.3 Å². The van der Waals surface area contributed by atoms with Gasteiger partial charge in [0.2, 0.25) is 5.91 Å². The van der Waals surface area contributed by atoms with Gasteiger partial charge in [-0.3, -0.25) is 4.79 Å². The summed E-state index contributed by atoms with van der Waals surface area (Å²) < 4.78 is 1.07. The highest BCUT2D eigenvalue weighted by Gasteiger charge is 2.19. The number of hydrogen-bond acceptors (Lipinski definition) is 2. The number of hydrogen-bond donors (Lipinski definition) is 1. The predicted molar refractivity (Wildman–Crippen MR) is 90.5 cm³/mol. The lowest BCUT2D eigenvalue weighted by Crippen LogP contribution is -2.44. The van der Waals surface area contributed by atoms with Crippen LogP contribution in [0.4, 0.5) is 0 Å². The standard InChI is InChI=1S/C17H25BrN2O/c1-13(14-6-8-15(18)9-7-14)11-17(21)20(2)12-16-5-3-4-10-19-16/h6-9,13,16,19H,3-5,10-12H2,1-2H3. The number of piperidine rings is 1. The Labute approximate surface area is 136 Å². The number of rotatable bonds is 5. The van der Waals surface area contributed by atoms with Crippen molar-refractivity contribution in [2.24, 2.45) is 0 Å². The van der Waals surface area contributed by atoms with Crippen molar-refractivity contribution in [1.82, 2.24) is 10.2 Å². The Balaban J connectivity index is 1.83. The summed E-state index contributed by atoms with van der Waals surface area (Å²) in [6, 6.07) is 8.71. The van der Waals surface area contributed by atoms with Crippen LogP contribution < -0.4 is 5.32 Å². The zero-order chi connectivity index (χ0) is 15.2. The highest BCUT2D eigenvalue weighted by Crippen LogP contribution is 2.22. The second kappa shape index (κ2) is 7.95. The molecule has 21 heavy (non-hydrogen) atoms. The molecule has 0 bridgehead atoms. The summed E-state index contributed by atoms with van der Waals surface area (Å²) in [4.78, 5) is 14.2. The van der Waals surface area contributed by atoms with Gasteiger partial charge >= 0.3 is 0 Å². The van der Waals surface area contributed by atoms with E-state index in [-0.39, 0.29) is 11.8 Å². The second-order valence-electron chi connectivity index (χ2n) is 6.08. The Morgan fingerprint density at radius 3 is 2.71 bits per heavy atom. The van der Waals surface area contributed by atoms with Crippen molar-refractivity contribution in [2.45, 2.75) is 44.6 Å². The molecule has 0 saturated carbocycles. The molecule has 116 valence electrons. The summed E-state index contributed by atoms with van der Waals surface area (Å²) >= 11 is 3.44. The molecule has 1 fully saturated rings. The van der Waals surface area contributed by atoms with Gasteiger partial charge in [-0.05, 0) is 43.0 Å². The summed E-state index contributed by atoms with van der Waals surface area (Å²) in [6.07, 6.45) is 4.29. The van der Waals surface area contributed by atoms with Gasteiger partial charge in [-0.25, -0.2) is 0 Å². The summed E-state index contributed by atoms with van der Waals surface area (Å²) in [5.74, 6) is 0.491. The number of nitrogens with one attached hydrogen (secondary N) is 1. The number of halogens is 1. The highest BCUT2D eigenvalue weighted by molar-refractivity contribution is 9.10. The molecule has 2 unspecified atom stereocenters. The fourth-order valence-corrected chi connectivity index (χ4v) is 3.10. The average molecular weight is 353 g/mol. The Kier molecular flexibility index (Phi) is 6.24. The van der Waals surface area contributed by atoms with Crippen LogP contribution in [0.1, 0.15) is 44.1 Å². The molecule has 4 heteroatoms. The third-order valence-corrected chi connectivity index (χ3v) is 4.78. The second-order valence-corrected chi connectivity index (χ2v) is 6.99. The first kappa shape index (κ1) is 16.5. The van der Waals surface area contributed by atoms with E-state index in [1.165, 1.54) is 24.8 Å². The fraction of sp³-hybridized carbons (Fsp3) is 0.588. The Morgan fingerprint density at radius 1 is 1.38 bits per heavy atom. The topological polar surface area (TPSA) is 32.3 Å². The molecule has 1 aliphatic heterocycles. The number of carbonyl (C=O) groups is 1. The van der Waals surface area contributed by atoms with Crippen LogP contribution in [-0.4, -0.2) is 37.0 Å². The normalized spacial score (nSPS) is 20.0. The Morgan fingerprint density at radius 2 is 2.10 bits per heavy atom. The van der Waals surface area contributed by atoms with Crippen molar-refractivity contribution in [3.8, 4) is 0 Å². The van der Waals surface area contributed by atoms with Crippen molar-refractivity contribution < 1.29 is 4.79 Å². The van der Waals surface area contributed by atoms with E-state index in [1.54, 1.807) is 0 Å². The van der Waals surface area contributed by atoms with E-state index < -0.39 is 0 Å². The number of carbonyl (C=O) groups excluding carboxylic acids is 1. The SMILES string of the molecule is CC(CC(=O)N(C)CC1CCCCN1)c1ccc(Br)cc1. The number of amides is 1. The van der Waals surface area contributed by atoms with E-state index in [9.17, 15) is 4.79 Å². The molecule has 1 N–H and O–H groups in total. The third-order valence-electron chi connectivity index (χ3n) is 4.25. The van der Waals surface area contributed by atoms with Gasteiger partial charge in [0.15, 0.2) is 0 Å². The van der Waals surface area contributed by atoms with Gasteiger partial charge < -0.3 is 10.2 Å². The third kappa shape index (κ3) is 5.11. The van der Waals surface area contributed by atoms with Crippen LogP contribution >= 0.6 is 15.9 Å². The van der Waals surface area contributed by atoms with Gasteiger partial charge in [0.05, 0.1) is 0 Å². The van der Waals surface area contributed by atoms with E-state index >= 15 is 0 Å². The number of likely N-dealkylation sites (N-methyl/N-ethyl adjacent to an activating group) is 1. The maximum absolute atomic E-state index is 12.4. The molecule has 1 aromatic rings. The van der Waals surface area contributed by atoms with E-state index in [0.29, 0.717) is 12.5 Å². The van der Waals surface area contributed by atoms with E-state index in [2.05, 4.69) is 40.3 Å². The Hall–Kier alpha value is -0.870. The molecule has 0 radical (unpaired) electrons. The average Bonchev–Trinajstić information content (AvgIpc) is 2.48. The van der Waals surface area contributed by atoms with Crippen LogP contribution in [-0.2, 0) is 4.79 Å². The molecule has 1 aromatic carbocycles. The van der Waals surface area contributed by atoms with E-state index in [4.69, 9.17) is 0 Å². The molecular formula is C17H25BrN2O. The summed E-state index contributed by atoms with van der Waals surface area (Å²) in [7, 11) is 1.92. The van der Waals surface area contributed by atoms with Crippen molar-refractivity contribution in [3.63, 3.8) is 0 Å². The lowest BCUT2D eigenvalue weighted by atomic mass is 9.97. The van der Waals surface area contributed by atoms with Crippen molar-refractivity contribution >= 4 is 21.8 Å². The van der Waals surface area contributed by atoms with Gasteiger partial charge in [0.25, 0.3) is 0 Å². The molecule has 0 spiro atoms. The minimum absolute atomic E-state index is 0.234. The maximum Gasteiger partial charge on any atom is 0.222 e. The molecule has 0 aromatic heterocycles. The molecule has 1 heterocycles. The zero-order valence-electron chi connectivity index (χ0n) is 12.9. The van der Waals surface area contributed by atoms with Crippen LogP contribution in [0.3, 0.4) is 0 Å². The highest BCUT2D eigenvalue weighted by atomic mass is 79.9. The first-order chi connectivity index (χ1) is 10.1. The van der Waals surface area contributed by atoms with Gasteiger partial charge in [0.1, 0.15) is 0 Å². The van der Waals surface area contributed by atoms with E-state index in [0.717, 1.165) is 17.6 Å². The summed E-state index contributed by atoms with van der Waals surface area (Å²) in [5, 5.41) is 3.50. The van der Waals surface area contributed by atoms with Gasteiger partial charge in [-0.2, -0.15) is 0 Å². The van der Waals surface area contributed by atoms with Crippen LogP contribution in [0.15, 0.2) is 28.7 Å². The quantitative estimate of drug-likeness (QED) is 0.878. The molecule has 1 saturated heterocycles. The first-order valence-electron chi connectivity index (χ1n) is 7.79. The van der Waals surface area contributed by atoms with Crippen LogP contribution in [0.2, 0.25) is 0 Å². The van der Waals surface area contributed by atoms with E-state index in [1.807, 2.05) is 24.1 Å². The molecule has 3 nitrogen and oxygen atoms in total. The monoisotopic (exact) mass is 352 g/mol. The molecular weight excluding hydrogens is 328 g/mol. The number of benzene rings is 1. The fourth-order valence-electron chi connectivity index (χ4n) is 2.84. The Bertz CT molecular complexity index is 454. The van der Waals surface area contributed by atoms with Gasteiger partial charge in [-0.1, -0.05) is 41.4 Å². The minimum Gasteiger partial charge on any atom is -0.344 e. The maximum atomic E-state index is 12.4. The zero-order valence-corrected chi connectivity index (χ0v) is 14.5. The number of nitrogens with zero attached hydrogens (tertiary/aromatic N) is 1. The predicted octanol–water partition coefficient (Wildman–Crippen LogP) is 3.54. The molecule has 2 atom stereocenters. The summed E-state index contributed by atoms with van der Waals surface area (Å²) in [6.45, 7) is 4.03. The smallest absolute Gasteiger partial charge is 0.222 e. The minimum atomic E-state index is 0.234. The lowest BCUT2D eigenvalue weighted by molar-refractivity contribution is -0.130. The molecule has 2 rings (SSSR count). The lowest BCUT2D eigenvalue weighted by Gasteiger charge is -2.29. The molecule has 0 aliphatic carbocycles. The van der Waals surface area contributed by atoms with Crippen LogP contribution in [0, 0.1) is 0 Å². The molecule has 1 amide bonds. The van der Waals surface area contributed by atoms with Crippen molar-refractivity contribution in [2.75, 3.05) is 20.1 Å². The van der Waals surface area contributed by atoms with Crippen LogP contribution in [0.5, 0.6) is 0 Å². The van der Waals surface area contributed by atoms with Crippen LogP contribution in [0.25, 0.3) is 0 Å². The van der Waals surface area contributed by atoms with Gasteiger partial charge in [0, 0.05) is 30.5 Å². The molecule has 1 aliphatic rings.